The van der Waals surface area contributed by atoms with Crippen molar-refractivity contribution < 1.29 is 17.9 Å². The summed E-state index contributed by atoms with van der Waals surface area (Å²) in [6, 6.07) is 0. The molecule has 78 valence electrons. The number of allylic oxidation sites excluding steroid dienone is 4. The second kappa shape index (κ2) is 4.68. The Balaban J connectivity index is 4.58. The number of nitrogens with zero attached hydrogens (tertiary/aromatic N) is 1. The van der Waals surface area contributed by atoms with Crippen LogP contribution in [0.25, 0.3) is 0 Å². The van der Waals surface area contributed by atoms with Crippen LogP contribution in [0.15, 0.2) is 35.4 Å². The van der Waals surface area contributed by atoms with Crippen molar-refractivity contribution in [3.63, 3.8) is 0 Å². The van der Waals surface area contributed by atoms with E-state index in [9.17, 15) is 18.5 Å². The fourth-order valence-electron chi connectivity index (χ4n) is 0.442. The molecule has 0 saturated carbocycles. The minimum atomic E-state index is -4.30. The molecule has 0 aromatic carbocycles. The second-order valence-corrected chi connectivity index (χ2v) is 3.84. The predicted octanol–water partition coefficient (Wildman–Crippen LogP) is 1.12. The van der Waals surface area contributed by atoms with Gasteiger partial charge < -0.3 is 0 Å². The van der Waals surface area contributed by atoms with Crippen LogP contribution in [-0.4, -0.2) is 17.9 Å². The lowest BCUT2D eigenvalue weighted by atomic mass is 10.4. The maximum absolute atomic E-state index is 10.4. The molecule has 0 bridgehead atoms. The van der Waals surface area contributed by atoms with E-state index < -0.39 is 19.9 Å². The minimum absolute atomic E-state index is 0.149. The number of hydrogen-bond acceptors (Lipinski definition) is 4. The van der Waals surface area contributed by atoms with Gasteiger partial charge >= 0.3 is 0 Å². The topological polar surface area (TPSA) is 97.5 Å². The van der Waals surface area contributed by atoms with Gasteiger partial charge in [-0.05, 0) is 6.08 Å². The van der Waals surface area contributed by atoms with Gasteiger partial charge in [0.2, 0.25) is 5.70 Å². The van der Waals surface area contributed by atoms with E-state index in [0.29, 0.717) is 0 Å². The van der Waals surface area contributed by atoms with E-state index in [1.165, 1.54) is 6.92 Å². The highest BCUT2D eigenvalue weighted by atomic mass is 32.2. The molecule has 0 unspecified atom stereocenters. The first kappa shape index (κ1) is 12.5. The van der Waals surface area contributed by atoms with E-state index in [0.717, 1.165) is 18.2 Å². The average Bonchev–Trinajstić information content (AvgIpc) is 2.01. The van der Waals surface area contributed by atoms with Gasteiger partial charge in [0.05, 0.1) is 9.83 Å². The molecule has 0 rings (SSSR count). The Morgan fingerprint density at radius 2 is 2.07 bits per heavy atom. The van der Waals surface area contributed by atoms with Crippen molar-refractivity contribution in [1.82, 2.24) is 0 Å². The fourth-order valence-corrected chi connectivity index (χ4v) is 0.692. The highest BCUT2D eigenvalue weighted by molar-refractivity contribution is 7.90. The number of rotatable bonds is 4. The van der Waals surface area contributed by atoms with Crippen LogP contribution in [0.4, 0.5) is 0 Å². The quantitative estimate of drug-likeness (QED) is 0.330. The molecule has 0 aliphatic heterocycles. The molecule has 6 nitrogen and oxygen atoms in total. The zero-order chi connectivity index (χ0) is 11.4. The van der Waals surface area contributed by atoms with Gasteiger partial charge in [-0.25, -0.2) is 0 Å². The molecule has 7 heteroatoms. The van der Waals surface area contributed by atoms with Gasteiger partial charge in [-0.2, -0.15) is 8.42 Å². The molecule has 0 aromatic heterocycles. The lowest BCUT2D eigenvalue weighted by Crippen LogP contribution is -1.97. The SMILES string of the molecule is C=C(/C=C\C=C(/C)[N+](=O)[O-])S(=O)(=O)O. The molecular formula is C7H9NO5S. The van der Waals surface area contributed by atoms with E-state index in [2.05, 4.69) is 6.58 Å². The molecule has 0 amide bonds. The Hall–Kier alpha value is -1.47. The highest BCUT2D eigenvalue weighted by Crippen LogP contribution is 2.03. The van der Waals surface area contributed by atoms with Crippen molar-refractivity contribution in [3.8, 4) is 0 Å². The van der Waals surface area contributed by atoms with E-state index in [-0.39, 0.29) is 5.70 Å². The highest BCUT2D eigenvalue weighted by Gasteiger charge is 2.06. The lowest BCUT2D eigenvalue weighted by molar-refractivity contribution is -0.424. The molecule has 0 radical (unpaired) electrons. The maximum atomic E-state index is 10.4. The molecule has 0 atom stereocenters. The zero-order valence-corrected chi connectivity index (χ0v) is 8.19. The molecule has 0 aliphatic carbocycles. The van der Waals surface area contributed by atoms with Crippen molar-refractivity contribution in [2.75, 3.05) is 0 Å². The maximum Gasteiger partial charge on any atom is 0.293 e. The minimum Gasteiger partial charge on any atom is -0.282 e. The summed E-state index contributed by atoms with van der Waals surface area (Å²) in [4.78, 5) is 8.94. The van der Waals surface area contributed by atoms with Crippen molar-refractivity contribution in [3.05, 3.63) is 45.5 Å². The van der Waals surface area contributed by atoms with Crippen LogP contribution in [0, 0.1) is 10.1 Å². The van der Waals surface area contributed by atoms with Gasteiger partial charge in [0, 0.05) is 13.0 Å². The lowest BCUT2D eigenvalue weighted by Gasteiger charge is -1.91. The van der Waals surface area contributed by atoms with Gasteiger partial charge in [-0.3, -0.25) is 14.7 Å². The molecule has 0 heterocycles. The van der Waals surface area contributed by atoms with Crippen LogP contribution in [0.3, 0.4) is 0 Å². The molecule has 1 N–H and O–H groups in total. The van der Waals surface area contributed by atoms with Crippen molar-refractivity contribution in [2.24, 2.45) is 0 Å². The summed E-state index contributed by atoms with van der Waals surface area (Å²) in [7, 11) is -4.30. The summed E-state index contributed by atoms with van der Waals surface area (Å²) < 4.78 is 29.2. The second-order valence-electron chi connectivity index (χ2n) is 2.37. The zero-order valence-electron chi connectivity index (χ0n) is 7.37. The molecule has 0 fully saturated rings. The Labute approximate surface area is 81.1 Å². The van der Waals surface area contributed by atoms with E-state index >= 15 is 0 Å². The van der Waals surface area contributed by atoms with Gasteiger partial charge in [0.1, 0.15) is 0 Å². The summed E-state index contributed by atoms with van der Waals surface area (Å²) >= 11 is 0. The normalized spacial score (nSPS) is 13.1. The third-order valence-corrected chi connectivity index (χ3v) is 2.04. The van der Waals surface area contributed by atoms with Gasteiger partial charge in [-0.15, -0.1) is 0 Å². The Morgan fingerprint density at radius 3 is 2.43 bits per heavy atom. The Bertz CT molecular complexity index is 404. The van der Waals surface area contributed by atoms with Crippen LogP contribution in [0.1, 0.15) is 6.92 Å². The van der Waals surface area contributed by atoms with E-state index in [4.69, 9.17) is 4.55 Å². The summed E-state index contributed by atoms with van der Waals surface area (Å²) in [5, 5.41) is 10.1. The summed E-state index contributed by atoms with van der Waals surface area (Å²) in [5.74, 6) is 0. The van der Waals surface area contributed by atoms with Crippen molar-refractivity contribution in [1.29, 1.82) is 0 Å². The summed E-state index contributed by atoms with van der Waals surface area (Å²) in [5.41, 5.74) is -0.149. The standard InChI is InChI=1S/C7H9NO5S/c1-6(8(9)10)4-3-5-7(2)14(11,12)13/h3-5H,2H2,1H3,(H,11,12,13)/b5-3-,6-4+. The molecule has 0 spiro atoms. The number of hydrogen-bond donors (Lipinski definition) is 1. The molecule has 0 aliphatic rings. The van der Waals surface area contributed by atoms with Gasteiger partial charge in [-0.1, -0.05) is 12.7 Å². The Kier molecular flexibility index (Phi) is 4.19. The smallest absolute Gasteiger partial charge is 0.282 e. The van der Waals surface area contributed by atoms with Crippen LogP contribution < -0.4 is 0 Å². The third kappa shape index (κ3) is 4.53. The van der Waals surface area contributed by atoms with Crippen LogP contribution >= 0.6 is 0 Å². The third-order valence-electron chi connectivity index (χ3n) is 1.24. The largest absolute Gasteiger partial charge is 0.293 e. The first-order valence-electron chi connectivity index (χ1n) is 3.41. The average molecular weight is 219 g/mol. The Morgan fingerprint density at radius 1 is 1.57 bits per heavy atom. The molecular weight excluding hydrogens is 210 g/mol. The summed E-state index contributed by atoms with van der Waals surface area (Å²) in [6.07, 6.45) is 3.17. The number of nitro groups is 1. The van der Waals surface area contributed by atoms with E-state index in [1.807, 2.05) is 0 Å². The van der Waals surface area contributed by atoms with Gasteiger partial charge in [0.25, 0.3) is 10.1 Å². The summed E-state index contributed by atoms with van der Waals surface area (Å²) in [6.45, 7) is 4.29. The molecule has 14 heavy (non-hydrogen) atoms. The van der Waals surface area contributed by atoms with Crippen molar-refractivity contribution in [2.45, 2.75) is 6.92 Å². The first-order valence-corrected chi connectivity index (χ1v) is 4.85. The first-order chi connectivity index (χ1) is 6.25. The van der Waals surface area contributed by atoms with E-state index in [1.54, 1.807) is 0 Å². The van der Waals surface area contributed by atoms with Crippen LogP contribution in [0.2, 0.25) is 0 Å². The van der Waals surface area contributed by atoms with Gasteiger partial charge in [0.15, 0.2) is 0 Å². The van der Waals surface area contributed by atoms with Crippen LogP contribution in [0.5, 0.6) is 0 Å². The van der Waals surface area contributed by atoms with Crippen LogP contribution in [-0.2, 0) is 10.1 Å². The molecule has 0 saturated heterocycles. The predicted molar refractivity (Wildman–Crippen MR) is 50.6 cm³/mol. The fraction of sp³-hybridized carbons (Fsp3) is 0.143. The van der Waals surface area contributed by atoms with Crippen molar-refractivity contribution >= 4 is 10.1 Å². The monoisotopic (exact) mass is 219 g/mol. The molecule has 0 aromatic rings.